The standard InChI is InChI=1S/C27H30O15/c28-7-16-20(32)22(34)24(36)26(41-16)39-11-3-1-10(2-4-11)13-9-38-15-6-12(5-14(30)18(15)19(13)31)40-27-25(37)23(35)21(33)17(8-29)42-27/h1-6,9,16-17,20-30,32-37H,7-8H2/t16-,17-,20-,21-,22+,23+,24-,25-,26-,27-/m1/s1. The molecule has 0 saturated carbocycles. The SMILES string of the molecule is O=c1c(-c2ccc(O[C@@H]3O[C@H](CO)[C@@H](O)[C@H](O)[C@H]3O)cc2)coc2cc(O[C@@H]3O[C@H](CO)[C@@H](O)[C@H](O)[C@H]3O)cc(O)c12. The van der Waals surface area contributed by atoms with E-state index in [9.17, 15) is 50.8 Å². The van der Waals surface area contributed by atoms with Crippen molar-refractivity contribution in [2.45, 2.75) is 61.4 Å². The van der Waals surface area contributed by atoms with E-state index in [2.05, 4.69) is 0 Å². The predicted octanol–water partition coefficient (Wildman–Crippen LogP) is -2.48. The molecular formula is C27H30O15. The first-order valence-corrected chi connectivity index (χ1v) is 12.9. The first-order chi connectivity index (χ1) is 20.0. The molecule has 2 aromatic carbocycles. The van der Waals surface area contributed by atoms with E-state index in [1.807, 2.05) is 0 Å². The summed E-state index contributed by atoms with van der Waals surface area (Å²) >= 11 is 0. The molecule has 3 aromatic rings. The van der Waals surface area contributed by atoms with Crippen molar-refractivity contribution in [1.29, 1.82) is 0 Å². The topological polar surface area (TPSA) is 249 Å². The maximum atomic E-state index is 13.3. The average Bonchev–Trinajstić information content (AvgIpc) is 2.98. The lowest BCUT2D eigenvalue weighted by Gasteiger charge is -2.39. The number of fused-ring (bicyclic) bond motifs is 1. The van der Waals surface area contributed by atoms with Crippen LogP contribution in [-0.4, -0.2) is 121 Å². The number of hydrogen-bond acceptors (Lipinski definition) is 15. The van der Waals surface area contributed by atoms with Gasteiger partial charge in [0, 0.05) is 12.1 Å². The summed E-state index contributed by atoms with van der Waals surface area (Å²) in [4.78, 5) is 13.3. The summed E-state index contributed by atoms with van der Waals surface area (Å²) < 4.78 is 27.3. The summed E-state index contributed by atoms with van der Waals surface area (Å²) in [6.07, 6.45) is -13.8. The molecule has 3 heterocycles. The predicted molar refractivity (Wildman–Crippen MR) is 138 cm³/mol. The smallest absolute Gasteiger partial charge is 0.229 e. The van der Waals surface area contributed by atoms with Gasteiger partial charge in [0.15, 0.2) is 0 Å². The molecule has 2 aliphatic rings. The number of aromatic hydroxyl groups is 1. The molecule has 10 atom stereocenters. The van der Waals surface area contributed by atoms with Gasteiger partial charge in [-0.15, -0.1) is 0 Å². The van der Waals surface area contributed by atoms with E-state index in [1.54, 1.807) is 0 Å². The Morgan fingerprint density at radius 2 is 1.21 bits per heavy atom. The number of phenolic OH excluding ortho intramolecular Hbond substituents is 1. The normalized spacial score (nSPS) is 33.4. The Bertz CT molecular complexity index is 1440. The third-order valence-corrected chi connectivity index (χ3v) is 7.20. The van der Waals surface area contributed by atoms with Crippen molar-refractivity contribution in [2.75, 3.05) is 13.2 Å². The minimum atomic E-state index is -1.69. The highest BCUT2D eigenvalue weighted by atomic mass is 16.7. The van der Waals surface area contributed by atoms with Gasteiger partial charge in [0.1, 0.15) is 83.3 Å². The Kier molecular flexibility index (Phi) is 8.68. The van der Waals surface area contributed by atoms with Crippen LogP contribution in [0.5, 0.6) is 17.2 Å². The third-order valence-electron chi connectivity index (χ3n) is 7.20. The highest BCUT2D eigenvalue weighted by molar-refractivity contribution is 5.88. The number of aliphatic hydroxyl groups is 8. The molecule has 15 heteroatoms. The zero-order valence-corrected chi connectivity index (χ0v) is 21.7. The van der Waals surface area contributed by atoms with E-state index in [4.69, 9.17) is 23.4 Å². The van der Waals surface area contributed by atoms with Gasteiger partial charge in [-0.05, 0) is 17.7 Å². The molecule has 0 bridgehead atoms. The van der Waals surface area contributed by atoms with Gasteiger partial charge in [-0.25, -0.2) is 0 Å². The highest BCUT2D eigenvalue weighted by Crippen LogP contribution is 2.33. The fraction of sp³-hybridized carbons (Fsp3) is 0.444. The Hall–Kier alpha value is -3.35. The lowest BCUT2D eigenvalue weighted by atomic mass is 9.99. The van der Waals surface area contributed by atoms with Gasteiger partial charge >= 0.3 is 0 Å². The lowest BCUT2D eigenvalue weighted by Crippen LogP contribution is -2.60. The van der Waals surface area contributed by atoms with E-state index in [0.29, 0.717) is 5.56 Å². The van der Waals surface area contributed by atoms with Crippen molar-refractivity contribution < 1.29 is 69.3 Å². The molecular weight excluding hydrogens is 564 g/mol. The van der Waals surface area contributed by atoms with Crippen molar-refractivity contribution in [1.82, 2.24) is 0 Å². The monoisotopic (exact) mass is 594 g/mol. The second-order valence-electron chi connectivity index (χ2n) is 9.95. The van der Waals surface area contributed by atoms with Crippen molar-refractivity contribution in [3.05, 3.63) is 52.9 Å². The van der Waals surface area contributed by atoms with Crippen molar-refractivity contribution in [3.63, 3.8) is 0 Å². The van der Waals surface area contributed by atoms with Crippen LogP contribution in [0.2, 0.25) is 0 Å². The number of ether oxygens (including phenoxy) is 4. The molecule has 0 unspecified atom stereocenters. The van der Waals surface area contributed by atoms with Crippen LogP contribution in [0.4, 0.5) is 0 Å². The molecule has 5 rings (SSSR count). The second-order valence-corrected chi connectivity index (χ2v) is 9.95. The zero-order valence-electron chi connectivity index (χ0n) is 21.7. The second kappa shape index (κ2) is 12.1. The first kappa shape index (κ1) is 30.1. The molecule has 228 valence electrons. The van der Waals surface area contributed by atoms with E-state index >= 15 is 0 Å². The van der Waals surface area contributed by atoms with Crippen LogP contribution in [0.15, 0.2) is 51.9 Å². The number of benzene rings is 2. The van der Waals surface area contributed by atoms with E-state index in [0.717, 1.165) is 12.3 Å². The Morgan fingerprint density at radius 3 is 1.74 bits per heavy atom. The van der Waals surface area contributed by atoms with Gasteiger partial charge < -0.3 is 69.3 Å². The van der Waals surface area contributed by atoms with Crippen LogP contribution in [0.1, 0.15) is 0 Å². The van der Waals surface area contributed by atoms with E-state index in [-0.39, 0.29) is 28.0 Å². The molecule has 1 aromatic heterocycles. The number of hydrogen-bond donors (Lipinski definition) is 9. The zero-order chi connectivity index (χ0) is 30.3. The Labute approximate surface area is 236 Å². The minimum Gasteiger partial charge on any atom is -0.507 e. The van der Waals surface area contributed by atoms with Gasteiger partial charge in [0.05, 0.1) is 18.8 Å². The maximum Gasteiger partial charge on any atom is 0.229 e. The number of aliphatic hydroxyl groups excluding tert-OH is 8. The maximum absolute atomic E-state index is 13.3. The molecule has 9 N–H and O–H groups in total. The molecule has 2 fully saturated rings. The molecule has 2 saturated heterocycles. The van der Waals surface area contributed by atoms with Crippen molar-refractivity contribution in [3.8, 4) is 28.4 Å². The minimum absolute atomic E-state index is 0.0693. The third kappa shape index (κ3) is 5.55. The lowest BCUT2D eigenvalue weighted by molar-refractivity contribution is -0.277. The van der Waals surface area contributed by atoms with Gasteiger partial charge in [0.2, 0.25) is 18.0 Å². The summed E-state index contributed by atoms with van der Waals surface area (Å²) in [6.45, 7) is -1.28. The van der Waals surface area contributed by atoms with Gasteiger partial charge in [-0.3, -0.25) is 4.79 Å². The van der Waals surface area contributed by atoms with E-state index < -0.39 is 85.8 Å². The fourth-order valence-corrected chi connectivity index (χ4v) is 4.79. The summed E-state index contributed by atoms with van der Waals surface area (Å²) in [5.74, 6) is -0.453. The Balaban J connectivity index is 1.35. The van der Waals surface area contributed by atoms with Crippen LogP contribution >= 0.6 is 0 Å². The summed E-state index contributed by atoms with van der Waals surface area (Å²) in [6, 6.07) is 8.19. The molecule has 0 aliphatic carbocycles. The van der Waals surface area contributed by atoms with Crippen LogP contribution in [-0.2, 0) is 9.47 Å². The van der Waals surface area contributed by atoms with Crippen LogP contribution in [0.25, 0.3) is 22.1 Å². The quantitative estimate of drug-likeness (QED) is 0.137. The van der Waals surface area contributed by atoms with Crippen LogP contribution in [0.3, 0.4) is 0 Å². The molecule has 0 spiro atoms. The summed E-state index contributed by atoms with van der Waals surface area (Å²) in [5, 5.41) is 89.2. The van der Waals surface area contributed by atoms with Crippen LogP contribution in [0, 0.1) is 0 Å². The van der Waals surface area contributed by atoms with E-state index in [1.165, 1.54) is 30.3 Å². The summed E-state index contributed by atoms with van der Waals surface area (Å²) in [7, 11) is 0. The molecule has 0 radical (unpaired) electrons. The molecule has 0 amide bonds. The fourth-order valence-electron chi connectivity index (χ4n) is 4.79. The first-order valence-electron chi connectivity index (χ1n) is 12.9. The molecule has 42 heavy (non-hydrogen) atoms. The summed E-state index contributed by atoms with van der Waals surface area (Å²) in [5.41, 5.74) is -0.241. The van der Waals surface area contributed by atoms with Gasteiger partial charge in [0.25, 0.3) is 0 Å². The highest BCUT2D eigenvalue weighted by Gasteiger charge is 2.45. The largest absolute Gasteiger partial charge is 0.507 e. The van der Waals surface area contributed by atoms with Gasteiger partial charge in [-0.2, -0.15) is 0 Å². The number of rotatable bonds is 7. The molecule has 15 nitrogen and oxygen atoms in total. The average molecular weight is 595 g/mol. The van der Waals surface area contributed by atoms with Crippen molar-refractivity contribution in [2.24, 2.45) is 0 Å². The van der Waals surface area contributed by atoms with Gasteiger partial charge in [-0.1, -0.05) is 12.1 Å². The Morgan fingerprint density at radius 1 is 0.690 bits per heavy atom. The number of phenols is 1. The van der Waals surface area contributed by atoms with Crippen LogP contribution < -0.4 is 14.9 Å². The van der Waals surface area contributed by atoms with Crippen molar-refractivity contribution >= 4 is 11.0 Å². The molecule has 2 aliphatic heterocycles.